The fourth-order valence-electron chi connectivity index (χ4n) is 1.39. The molecule has 0 atom stereocenters. The molecule has 94 valence electrons. The van der Waals surface area contributed by atoms with Crippen molar-refractivity contribution < 1.29 is 50.7 Å². The topological polar surface area (TPSA) is 0 Å². The van der Waals surface area contributed by atoms with Gasteiger partial charge in [-0.05, 0) is 49.0 Å². The molecular formula is C14H18Cl2Hf-2. The molecule has 17 heavy (non-hydrogen) atoms. The second-order valence-corrected chi connectivity index (χ2v) is 3.32. The van der Waals surface area contributed by atoms with Crippen LogP contribution in [0, 0.1) is 12.2 Å². The SMILES string of the molecule is CCC1=[C]CC=C1.CCC1=[C]CC=C1.[Cl-].[Cl-].[Hf]. The molecule has 2 radical (unpaired) electrons. The number of allylic oxidation sites excluding steroid dienone is 8. The van der Waals surface area contributed by atoms with E-state index in [1.807, 2.05) is 0 Å². The maximum absolute atomic E-state index is 3.21. The van der Waals surface area contributed by atoms with Crippen molar-refractivity contribution in [3.05, 3.63) is 47.6 Å². The van der Waals surface area contributed by atoms with Gasteiger partial charge < -0.3 is 24.8 Å². The minimum Gasteiger partial charge on any atom is -1.00 e. The standard InChI is InChI=1S/2C7H9.2ClH.Hf/c2*1-2-7-5-3-4-6-7;;;/h2*3,5H,2,4H2,1H3;2*1H;/p-2. The first kappa shape index (κ1) is 22.6. The Balaban J connectivity index is -0.000000196. The summed E-state index contributed by atoms with van der Waals surface area (Å²) in [4.78, 5) is 0. The van der Waals surface area contributed by atoms with E-state index in [1.165, 1.54) is 11.1 Å². The van der Waals surface area contributed by atoms with Gasteiger partial charge in [0.25, 0.3) is 0 Å². The van der Waals surface area contributed by atoms with Gasteiger partial charge in [-0.3, -0.25) is 0 Å². The third-order valence-electron chi connectivity index (χ3n) is 2.29. The van der Waals surface area contributed by atoms with Crippen molar-refractivity contribution in [3.8, 4) is 0 Å². The van der Waals surface area contributed by atoms with Gasteiger partial charge in [-0.15, -0.1) is 0 Å². The van der Waals surface area contributed by atoms with Gasteiger partial charge in [-0.1, -0.05) is 38.2 Å². The molecule has 2 aliphatic rings. The van der Waals surface area contributed by atoms with Gasteiger partial charge in [0.2, 0.25) is 0 Å². The predicted molar refractivity (Wildman–Crippen MR) is 61.6 cm³/mol. The van der Waals surface area contributed by atoms with Crippen LogP contribution < -0.4 is 24.8 Å². The molecule has 0 aromatic carbocycles. The number of rotatable bonds is 2. The van der Waals surface area contributed by atoms with E-state index in [9.17, 15) is 0 Å². The van der Waals surface area contributed by atoms with Crippen molar-refractivity contribution in [1.82, 2.24) is 0 Å². The van der Waals surface area contributed by atoms with Gasteiger partial charge in [-0.25, -0.2) is 0 Å². The van der Waals surface area contributed by atoms with Gasteiger partial charge in [0.15, 0.2) is 0 Å². The summed E-state index contributed by atoms with van der Waals surface area (Å²) in [6, 6.07) is 0. The Morgan fingerprint density at radius 2 is 1.24 bits per heavy atom. The van der Waals surface area contributed by atoms with Crippen LogP contribution in [0.4, 0.5) is 0 Å². The largest absolute Gasteiger partial charge is 1.00 e. The van der Waals surface area contributed by atoms with Crippen LogP contribution in [-0.2, 0) is 25.8 Å². The van der Waals surface area contributed by atoms with Crippen LogP contribution in [0.1, 0.15) is 39.5 Å². The zero-order valence-electron chi connectivity index (χ0n) is 10.4. The van der Waals surface area contributed by atoms with Crippen molar-refractivity contribution in [2.24, 2.45) is 0 Å². The molecule has 0 N–H and O–H groups in total. The third-order valence-corrected chi connectivity index (χ3v) is 2.29. The summed E-state index contributed by atoms with van der Waals surface area (Å²) >= 11 is 0. The van der Waals surface area contributed by atoms with Crippen molar-refractivity contribution in [2.75, 3.05) is 0 Å². The van der Waals surface area contributed by atoms with Crippen LogP contribution in [0.5, 0.6) is 0 Å². The fraction of sp³-hybridized carbons (Fsp3) is 0.429. The molecule has 0 aromatic rings. The molecule has 0 nitrogen and oxygen atoms in total. The van der Waals surface area contributed by atoms with Crippen LogP contribution in [0.3, 0.4) is 0 Å². The summed E-state index contributed by atoms with van der Waals surface area (Å²) in [6.45, 7) is 4.30. The molecule has 0 saturated carbocycles. The van der Waals surface area contributed by atoms with Gasteiger partial charge >= 0.3 is 0 Å². The van der Waals surface area contributed by atoms with E-state index < -0.39 is 0 Å². The van der Waals surface area contributed by atoms with E-state index in [0.29, 0.717) is 0 Å². The Labute approximate surface area is 137 Å². The molecule has 0 aromatic heterocycles. The summed E-state index contributed by atoms with van der Waals surface area (Å²) in [5.74, 6) is 0. The van der Waals surface area contributed by atoms with E-state index in [2.05, 4.69) is 50.3 Å². The molecular weight excluding hydrogens is 418 g/mol. The van der Waals surface area contributed by atoms with Crippen molar-refractivity contribution >= 4 is 0 Å². The Morgan fingerprint density at radius 3 is 1.35 bits per heavy atom. The summed E-state index contributed by atoms with van der Waals surface area (Å²) in [7, 11) is 0. The van der Waals surface area contributed by atoms with Crippen LogP contribution in [0.2, 0.25) is 0 Å². The maximum Gasteiger partial charge on any atom is 0 e. The minimum atomic E-state index is 0. The molecule has 0 spiro atoms. The molecule has 0 unspecified atom stereocenters. The average molecular weight is 436 g/mol. The molecule has 0 bridgehead atoms. The maximum atomic E-state index is 3.21. The monoisotopic (exact) mass is 436 g/mol. The van der Waals surface area contributed by atoms with Crippen molar-refractivity contribution in [2.45, 2.75) is 39.5 Å². The van der Waals surface area contributed by atoms with E-state index >= 15 is 0 Å². The summed E-state index contributed by atoms with van der Waals surface area (Å²) in [6.07, 6.45) is 19.3. The van der Waals surface area contributed by atoms with E-state index in [-0.39, 0.29) is 50.7 Å². The van der Waals surface area contributed by atoms with Crippen LogP contribution in [0.15, 0.2) is 35.5 Å². The number of hydrogen-bond donors (Lipinski definition) is 0. The van der Waals surface area contributed by atoms with E-state index in [0.717, 1.165) is 25.7 Å². The van der Waals surface area contributed by atoms with Crippen LogP contribution >= 0.6 is 0 Å². The fourth-order valence-corrected chi connectivity index (χ4v) is 1.39. The van der Waals surface area contributed by atoms with Gasteiger partial charge in [0.1, 0.15) is 0 Å². The third kappa shape index (κ3) is 10.1. The van der Waals surface area contributed by atoms with Crippen molar-refractivity contribution in [3.63, 3.8) is 0 Å². The van der Waals surface area contributed by atoms with E-state index in [1.54, 1.807) is 0 Å². The normalized spacial score (nSPS) is 14.5. The van der Waals surface area contributed by atoms with Crippen LogP contribution in [0.25, 0.3) is 0 Å². The molecule has 3 heteroatoms. The summed E-state index contributed by atoms with van der Waals surface area (Å²) in [5.41, 5.74) is 2.72. The number of hydrogen-bond acceptors (Lipinski definition) is 0. The first-order valence-corrected chi connectivity index (χ1v) is 5.39. The predicted octanol–water partition coefficient (Wildman–Crippen LogP) is -1.82. The zero-order valence-corrected chi connectivity index (χ0v) is 15.5. The zero-order chi connectivity index (χ0) is 10.2. The van der Waals surface area contributed by atoms with Gasteiger partial charge in [0, 0.05) is 25.8 Å². The molecule has 0 fully saturated rings. The molecule has 0 heterocycles. The summed E-state index contributed by atoms with van der Waals surface area (Å²) < 4.78 is 0. The van der Waals surface area contributed by atoms with Crippen molar-refractivity contribution in [1.29, 1.82) is 0 Å². The first-order chi connectivity index (χ1) is 6.86. The second kappa shape index (κ2) is 14.5. The van der Waals surface area contributed by atoms with E-state index in [4.69, 9.17) is 0 Å². The average Bonchev–Trinajstić information content (AvgIpc) is 2.92. The quantitative estimate of drug-likeness (QED) is 0.448. The minimum absolute atomic E-state index is 0. The van der Waals surface area contributed by atoms with Gasteiger partial charge in [0.05, 0.1) is 0 Å². The first-order valence-electron chi connectivity index (χ1n) is 5.39. The molecule has 0 amide bonds. The molecule has 2 aliphatic carbocycles. The van der Waals surface area contributed by atoms with Crippen LogP contribution in [-0.4, -0.2) is 0 Å². The molecule has 2 rings (SSSR count). The summed E-state index contributed by atoms with van der Waals surface area (Å²) in [5, 5.41) is 0. The molecule has 0 saturated heterocycles. The Hall–Kier alpha value is 0.410. The second-order valence-electron chi connectivity index (χ2n) is 3.32. The molecule has 0 aliphatic heterocycles. The Bertz CT molecular complexity index is 259. The van der Waals surface area contributed by atoms with Gasteiger partial charge in [-0.2, -0.15) is 0 Å². The Kier molecular flexibility index (Phi) is 19.2. The smallest absolute Gasteiger partial charge is 0 e. The Morgan fingerprint density at radius 1 is 0.882 bits per heavy atom. The number of halogens is 2.